The molecule has 0 rings (SSSR count). The SMILES string of the molecule is NCC(CN)(CN)CCCC(=O)O. The van der Waals surface area contributed by atoms with E-state index in [2.05, 4.69) is 0 Å². The number of nitrogens with two attached hydrogens (primary N) is 3. The van der Waals surface area contributed by atoms with Gasteiger partial charge in [-0.1, -0.05) is 0 Å². The molecule has 0 saturated heterocycles. The number of carboxylic acids is 1. The van der Waals surface area contributed by atoms with Crippen LogP contribution in [0.5, 0.6) is 0 Å². The van der Waals surface area contributed by atoms with Crippen molar-refractivity contribution in [2.75, 3.05) is 19.6 Å². The van der Waals surface area contributed by atoms with Crippen molar-refractivity contribution in [3.63, 3.8) is 0 Å². The molecule has 13 heavy (non-hydrogen) atoms. The minimum atomic E-state index is -0.792. The molecule has 0 bridgehead atoms. The highest BCUT2D eigenvalue weighted by Gasteiger charge is 2.24. The highest BCUT2D eigenvalue weighted by molar-refractivity contribution is 5.66. The number of hydrogen-bond acceptors (Lipinski definition) is 4. The van der Waals surface area contributed by atoms with E-state index in [4.69, 9.17) is 22.3 Å². The Labute approximate surface area is 78.3 Å². The summed E-state index contributed by atoms with van der Waals surface area (Å²) in [5.74, 6) is -0.792. The second kappa shape index (κ2) is 5.90. The zero-order valence-corrected chi connectivity index (χ0v) is 7.83. The molecular formula is C8H19N3O2. The third kappa shape index (κ3) is 4.21. The van der Waals surface area contributed by atoms with Gasteiger partial charge in [-0.25, -0.2) is 0 Å². The van der Waals surface area contributed by atoms with E-state index in [1.807, 2.05) is 0 Å². The lowest BCUT2D eigenvalue weighted by Crippen LogP contribution is -2.44. The van der Waals surface area contributed by atoms with Gasteiger partial charge in [0.15, 0.2) is 0 Å². The smallest absolute Gasteiger partial charge is 0.303 e. The molecule has 0 aliphatic heterocycles. The first kappa shape index (κ1) is 12.3. The van der Waals surface area contributed by atoms with Crippen LogP contribution in [-0.2, 0) is 4.79 Å². The molecular weight excluding hydrogens is 170 g/mol. The average Bonchev–Trinajstić information content (AvgIpc) is 2.13. The van der Waals surface area contributed by atoms with Crippen LogP contribution >= 0.6 is 0 Å². The van der Waals surface area contributed by atoms with Crippen molar-refractivity contribution in [1.82, 2.24) is 0 Å². The van der Waals surface area contributed by atoms with E-state index < -0.39 is 5.97 Å². The summed E-state index contributed by atoms with van der Waals surface area (Å²) in [4.78, 5) is 10.3. The Bertz CT molecular complexity index is 149. The number of rotatable bonds is 7. The second-order valence-electron chi connectivity index (χ2n) is 3.36. The maximum atomic E-state index is 10.3. The van der Waals surface area contributed by atoms with Gasteiger partial charge in [-0.2, -0.15) is 0 Å². The molecule has 0 atom stereocenters. The third-order valence-electron chi connectivity index (χ3n) is 2.40. The summed E-state index contributed by atoms with van der Waals surface area (Å²) in [5, 5.41) is 8.43. The van der Waals surface area contributed by atoms with Gasteiger partial charge in [-0.3, -0.25) is 4.79 Å². The fourth-order valence-electron chi connectivity index (χ4n) is 1.17. The molecule has 7 N–H and O–H groups in total. The molecule has 0 amide bonds. The van der Waals surface area contributed by atoms with Gasteiger partial charge in [0.05, 0.1) is 0 Å². The van der Waals surface area contributed by atoms with E-state index in [9.17, 15) is 4.79 Å². The first-order chi connectivity index (χ1) is 6.10. The number of aliphatic carboxylic acids is 1. The summed E-state index contributed by atoms with van der Waals surface area (Å²) in [6.07, 6.45) is 1.42. The molecule has 0 radical (unpaired) electrons. The van der Waals surface area contributed by atoms with Crippen molar-refractivity contribution < 1.29 is 9.90 Å². The normalized spacial score (nSPS) is 11.6. The summed E-state index contributed by atoms with van der Waals surface area (Å²) in [7, 11) is 0. The van der Waals surface area contributed by atoms with Crippen LogP contribution in [0.25, 0.3) is 0 Å². The molecule has 0 fully saturated rings. The lowest BCUT2D eigenvalue weighted by Gasteiger charge is -2.29. The number of carbonyl (C=O) groups is 1. The first-order valence-electron chi connectivity index (χ1n) is 4.42. The van der Waals surface area contributed by atoms with E-state index in [1.54, 1.807) is 0 Å². The van der Waals surface area contributed by atoms with Gasteiger partial charge < -0.3 is 22.3 Å². The molecule has 0 aromatic rings. The van der Waals surface area contributed by atoms with Crippen molar-refractivity contribution in [3.05, 3.63) is 0 Å². The van der Waals surface area contributed by atoms with E-state index in [0.29, 0.717) is 32.5 Å². The van der Waals surface area contributed by atoms with Gasteiger partial charge in [-0.05, 0) is 12.8 Å². The fourth-order valence-corrected chi connectivity index (χ4v) is 1.17. The summed E-state index contributed by atoms with van der Waals surface area (Å²) < 4.78 is 0. The average molecular weight is 189 g/mol. The third-order valence-corrected chi connectivity index (χ3v) is 2.40. The van der Waals surface area contributed by atoms with Crippen LogP contribution < -0.4 is 17.2 Å². The van der Waals surface area contributed by atoms with Crippen molar-refractivity contribution in [2.45, 2.75) is 19.3 Å². The zero-order valence-electron chi connectivity index (χ0n) is 7.83. The van der Waals surface area contributed by atoms with Crippen LogP contribution in [0.2, 0.25) is 0 Å². The minimum absolute atomic E-state index is 0.155. The van der Waals surface area contributed by atoms with Crippen LogP contribution in [0.4, 0.5) is 0 Å². The predicted octanol–water partition coefficient (Wildman–Crippen LogP) is -0.896. The quantitative estimate of drug-likeness (QED) is 0.414. The Kier molecular flexibility index (Phi) is 5.61. The van der Waals surface area contributed by atoms with Crippen LogP contribution in [-0.4, -0.2) is 30.7 Å². The van der Waals surface area contributed by atoms with E-state index in [0.717, 1.165) is 0 Å². The van der Waals surface area contributed by atoms with E-state index in [1.165, 1.54) is 0 Å². The van der Waals surface area contributed by atoms with E-state index in [-0.39, 0.29) is 11.8 Å². The molecule has 0 aliphatic carbocycles. The Morgan fingerprint density at radius 2 is 1.62 bits per heavy atom. The Morgan fingerprint density at radius 1 is 1.15 bits per heavy atom. The standard InChI is InChI=1S/C8H19N3O2/c9-4-8(5-10,6-11)3-1-2-7(12)13/h1-6,9-11H2,(H,12,13). The van der Waals surface area contributed by atoms with Gasteiger partial charge in [0.25, 0.3) is 0 Å². The molecule has 0 aromatic carbocycles. The zero-order chi connectivity index (χ0) is 10.3. The summed E-state index contributed by atoms with van der Waals surface area (Å²) in [6, 6.07) is 0. The summed E-state index contributed by atoms with van der Waals surface area (Å²) >= 11 is 0. The van der Waals surface area contributed by atoms with Crippen molar-refractivity contribution in [1.29, 1.82) is 0 Å². The van der Waals surface area contributed by atoms with Crippen LogP contribution in [0, 0.1) is 5.41 Å². The molecule has 5 heteroatoms. The molecule has 0 aromatic heterocycles. The predicted molar refractivity (Wildman–Crippen MR) is 51.1 cm³/mol. The highest BCUT2D eigenvalue weighted by Crippen LogP contribution is 2.20. The molecule has 0 aliphatic rings. The molecule has 0 heterocycles. The monoisotopic (exact) mass is 189 g/mol. The molecule has 0 spiro atoms. The summed E-state index contributed by atoms with van der Waals surface area (Å²) in [5.41, 5.74) is 16.3. The van der Waals surface area contributed by atoms with E-state index >= 15 is 0 Å². The van der Waals surface area contributed by atoms with Gasteiger partial charge in [0.2, 0.25) is 0 Å². The minimum Gasteiger partial charge on any atom is -0.481 e. The number of hydrogen-bond donors (Lipinski definition) is 4. The van der Waals surface area contributed by atoms with Crippen molar-refractivity contribution >= 4 is 5.97 Å². The largest absolute Gasteiger partial charge is 0.481 e. The molecule has 78 valence electrons. The Balaban J connectivity index is 3.88. The fraction of sp³-hybridized carbons (Fsp3) is 0.875. The van der Waals surface area contributed by atoms with Gasteiger partial charge in [0, 0.05) is 31.5 Å². The molecule has 0 unspecified atom stereocenters. The van der Waals surface area contributed by atoms with Crippen LogP contribution in [0.1, 0.15) is 19.3 Å². The van der Waals surface area contributed by atoms with Crippen molar-refractivity contribution in [2.24, 2.45) is 22.6 Å². The maximum absolute atomic E-state index is 10.3. The first-order valence-corrected chi connectivity index (χ1v) is 4.42. The maximum Gasteiger partial charge on any atom is 0.303 e. The van der Waals surface area contributed by atoms with Crippen LogP contribution in [0.15, 0.2) is 0 Å². The van der Waals surface area contributed by atoms with Crippen molar-refractivity contribution in [3.8, 4) is 0 Å². The summed E-state index contributed by atoms with van der Waals surface area (Å²) in [6.45, 7) is 1.25. The molecule has 0 saturated carbocycles. The lowest BCUT2D eigenvalue weighted by molar-refractivity contribution is -0.137. The number of carboxylic acid groups (broad SMARTS) is 1. The highest BCUT2D eigenvalue weighted by atomic mass is 16.4. The topological polar surface area (TPSA) is 115 Å². The van der Waals surface area contributed by atoms with Gasteiger partial charge in [0.1, 0.15) is 0 Å². The Hall–Kier alpha value is -0.650. The lowest BCUT2D eigenvalue weighted by atomic mass is 9.83. The van der Waals surface area contributed by atoms with Gasteiger partial charge >= 0.3 is 5.97 Å². The molecule has 5 nitrogen and oxygen atoms in total. The second-order valence-corrected chi connectivity index (χ2v) is 3.36. The van der Waals surface area contributed by atoms with Crippen LogP contribution in [0.3, 0.4) is 0 Å². The Morgan fingerprint density at radius 3 is 1.92 bits per heavy atom. The van der Waals surface area contributed by atoms with Gasteiger partial charge in [-0.15, -0.1) is 0 Å².